The van der Waals surface area contributed by atoms with Crippen molar-refractivity contribution >= 4 is 27.7 Å². The molecule has 0 amide bonds. The minimum Gasteiger partial charge on any atom is -0.333 e. The predicted octanol–water partition coefficient (Wildman–Crippen LogP) is 12.0. The Morgan fingerprint density at radius 3 is 1.58 bits per heavy atom. The van der Waals surface area contributed by atoms with E-state index in [9.17, 15) is 0 Å². The maximum absolute atomic E-state index is 4.97. The van der Waals surface area contributed by atoms with Crippen LogP contribution in [0.5, 0.6) is 0 Å². The van der Waals surface area contributed by atoms with E-state index in [2.05, 4.69) is 138 Å². The molecule has 7 aromatic carbocycles. The Kier molecular flexibility index (Phi) is 7.58. The van der Waals surface area contributed by atoms with Crippen LogP contribution in [0.15, 0.2) is 194 Å². The molecule has 1 aromatic heterocycles. The van der Waals surface area contributed by atoms with Crippen LogP contribution in [0.3, 0.4) is 0 Å². The Morgan fingerprint density at radius 1 is 0.434 bits per heavy atom. The van der Waals surface area contributed by atoms with E-state index in [0.29, 0.717) is 17.5 Å². The lowest BCUT2D eigenvalue weighted by atomic mass is 9.83. The van der Waals surface area contributed by atoms with Gasteiger partial charge in [-0.25, -0.2) is 15.0 Å². The Hall–Kier alpha value is -6.91. The molecule has 0 saturated heterocycles. The molecule has 53 heavy (non-hydrogen) atoms. The maximum Gasteiger partial charge on any atom is 0.164 e. The fourth-order valence-corrected chi connectivity index (χ4v) is 7.91. The molecule has 2 unspecified atom stereocenters. The highest BCUT2D eigenvalue weighted by atomic mass is 15.2. The molecule has 0 N–H and O–H groups in total. The quantitative estimate of drug-likeness (QED) is 0.176. The highest BCUT2D eigenvalue weighted by Crippen LogP contribution is 2.52. The molecule has 2 heterocycles. The third-order valence-corrected chi connectivity index (χ3v) is 10.4. The Bertz CT molecular complexity index is 2610. The van der Waals surface area contributed by atoms with Gasteiger partial charge >= 0.3 is 0 Å². The molecular formula is C49H34N4. The van der Waals surface area contributed by atoms with Gasteiger partial charge in [-0.15, -0.1) is 0 Å². The third-order valence-electron chi connectivity index (χ3n) is 10.4. The number of para-hydroxylation sites is 1. The zero-order valence-corrected chi connectivity index (χ0v) is 28.9. The maximum atomic E-state index is 4.97. The topological polar surface area (TPSA) is 41.9 Å². The molecule has 1 aliphatic heterocycles. The smallest absolute Gasteiger partial charge is 0.164 e. The van der Waals surface area contributed by atoms with Crippen molar-refractivity contribution in [3.05, 3.63) is 205 Å². The molecule has 8 aromatic rings. The lowest BCUT2D eigenvalue weighted by Crippen LogP contribution is -2.28. The summed E-state index contributed by atoms with van der Waals surface area (Å²) in [4.78, 5) is 17.3. The van der Waals surface area contributed by atoms with Gasteiger partial charge in [-0.3, -0.25) is 0 Å². The van der Waals surface area contributed by atoms with Crippen LogP contribution in [0.2, 0.25) is 0 Å². The van der Waals surface area contributed by atoms with Crippen molar-refractivity contribution in [2.45, 2.75) is 12.0 Å². The molecule has 4 heteroatoms. The van der Waals surface area contributed by atoms with Gasteiger partial charge in [0.15, 0.2) is 17.5 Å². The van der Waals surface area contributed by atoms with Crippen molar-refractivity contribution in [3.63, 3.8) is 0 Å². The van der Waals surface area contributed by atoms with Crippen molar-refractivity contribution < 1.29 is 0 Å². The first-order valence-corrected chi connectivity index (χ1v) is 18.1. The minimum absolute atomic E-state index is 0.186. The van der Waals surface area contributed by atoms with Crippen LogP contribution in [0.1, 0.15) is 17.0 Å². The summed E-state index contributed by atoms with van der Waals surface area (Å²) in [6, 6.07) is 62.0. The van der Waals surface area contributed by atoms with Gasteiger partial charge in [-0.1, -0.05) is 164 Å². The number of hydrogen-bond acceptors (Lipinski definition) is 4. The number of benzene rings is 7. The second-order valence-electron chi connectivity index (χ2n) is 13.6. The molecule has 10 rings (SSSR count). The fourth-order valence-electron chi connectivity index (χ4n) is 7.91. The first-order valence-electron chi connectivity index (χ1n) is 18.1. The average Bonchev–Trinajstić information content (AvgIpc) is 3.58. The van der Waals surface area contributed by atoms with E-state index in [-0.39, 0.29) is 12.0 Å². The lowest BCUT2D eigenvalue weighted by Gasteiger charge is -2.29. The van der Waals surface area contributed by atoms with Crippen molar-refractivity contribution in [2.75, 3.05) is 4.90 Å². The van der Waals surface area contributed by atoms with Crippen LogP contribution >= 0.6 is 0 Å². The summed E-state index contributed by atoms with van der Waals surface area (Å²) in [6.07, 6.45) is 7.16. The number of rotatable bonds is 6. The second kappa shape index (κ2) is 13.0. The van der Waals surface area contributed by atoms with Gasteiger partial charge < -0.3 is 4.90 Å². The molecule has 1 aliphatic carbocycles. The Balaban J connectivity index is 1.07. The fraction of sp³-hybridized carbons (Fsp3) is 0.0408. The Labute approximate surface area is 309 Å². The van der Waals surface area contributed by atoms with Crippen LogP contribution < -0.4 is 4.90 Å². The van der Waals surface area contributed by atoms with E-state index < -0.39 is 0 Å². The molecule has 4 nitrogen and oxygen atoms in total. The van der Waals surface area contributed by atoms with Crippen molar-refractivity contribution in [1.29, 1.82) is 0 Å². The molecule has 2 atom stereocenters. The highest BCUT2D eigenvalue weighted by Gasteiger charge is 2.40. The van der Waals surface area contributed by atoms with Gasteiger partial charge in [-0.05, 0) is 68.9 Å². The van der Waals surface area contributed by atoms with Crippen LogP contribution in [-0.4, -0.2) is 21.0 Å². The predicted molar refractivity (Wildman–Crippen MR) is 218 cm³/mol. The van der Waals surface area contributed by atoms with Crippen LogP contribution in [0.4, 0.5) is 11.4 Å². The van der Waals surface area contributed by atoms with E-state index in [0.717, 1.165) is 22.1 Å². The van der Waals surface area contributed by atoms with Crippen LogP contribution in [-0.2, 0) is 0 Å². The first-order chi connectivity index (χ1) is 26.3. The highest BCUT2D eigenvalue weighted by molar-refractivity contribution is 5.93. The second-order valence-corrected chi connectivity index (χ2v) is 13.6. The average molecular weight is 679 g/mol. The summed E-state index contributed by atoms with van der Waals surface area (Å²) >= 11 is 0. The summed E-state index contributed by atoms with van der Waals surface area (Å²) in [5.74, 6) is 2.17. The van der Waals surface area contributed by atoms with E-state index in [1.165, 1.54) is 44.6 Å². The molecule has 0 bridgehead atoms. The number of aromatic nitrogens is 3. The van der Waals surface area contributed by atoms with Crippen molar-refractivity contribution in [3.8, 4) is 45.3 Å². The van der Waals surface area contributed by atoms with Gasteiger partial charge in [0.2, 0.25) is 0 Å². The summed E-state index contributed by atoms with van der Waals surface area (Å²) in [6.45, 7) is 0. The summed E-state index contributed by atoms with van der Waals surface area (Å²) in [5, 5.41) is 2.31. The summed E-state index contributed by atoms with van der Waals surface area (Å²) < 4.78 is 0. The number of allylic oxidation sites excluding steroid dienone is 2. The minimum atomic E-state index is 0.186. The molecule has 0 spiro atoms. The zero-order chi connectivity index (χ0) is 35.1. The van der Waals surface area contributed by atoms with Gasteiger partial charge in [0.1, 0.15) is 0 Å². The largest absolute Gasteiger partial charge is 0.333 e. The molecular weight excluding hydrogens is 645 g/mol. The molecule has 0 saturated carbocycles. The molecule has 0 fully saturated rings. The van der Waals surface area contributed by atoms with Crippen LogP contribution in [0, 0.1) is 0 Å². The number of hydrogen-bond donors (Lipinski definition) is 0. The van der Waals surface area contributed by atoms with E-state index in [1.807, 2.05) is 60.7 Å². The van der Waals surface area contributed by atoms with E-state index in [4.69, 9.17) is 15.0 Å². The van der Waals surface area contributed by atoms with Gasteiger partial charge in [-0.2, -0.15) is 0 Å². The standard InChI is InChI=1S/C49H34N4/c1-5-14-33(15-6-1)38-28-29-44-43(32-38)46-42(22-13-23-45(46)53(44)41-20-11-4-12-21-41)39-26-24-37-31-40(27-25-36(37)30-39)49-51-47(34-16-7-2-8-17-34)50-48(52-49)35-18-9-3-10-19-35/h1-32,43-44H. The first kappa shape index (κ1) is 30.9. The molecule has 0 radical (unpaired) electrons. The third kappa shape index (κ3) is 5.62. The van der Waals surface area contributed by atoms with Crippen LogP contribution in [0.25, 0.3) is 61.6 Å². The Morgan fingerprint density at radius 2 is 0.962 bits per heavy atom. The lowest BCUT2D eigenvalue weighted by molar-refractivity contribution is 0.748. The SMILES string of the molecule is C1=CC2C(C=C1c1ccccc1)c1c(-c3ccc4cc(-c5nc(-c6ccccc6)nc(-c6ccccc6)n5)ccc4c3)cccc1N2c1ccccc1. The van der Waals surface area contributed by atoms with Gasteiger partial charge in [0, 0.05) is 34.0 Å². The normalized spacial score (nSPS) is 15.9. The van der Waals surface area contributed by atoms with Gasteiger partial charge in [0.05, 0.1) is 6.04 Å². The van der Waals surface area contributed by atoms with E-state index in [1.54, 1.807) is 0 Å². The number of nitrogens with zero attached hydrogens (tertiary/aromatic N) is 4. The summed E-state index contributed by atoms with van der Waals surface area (Å²) in [7, 11) is 0. The monoisotopic (exact) mass is 678 g/mol. The zero-order valence-electron chi connectivity index (χ0n) is 28.9. The van der Waals surface area contributed by atoms with Gasteiger partial charge in [0.25, 0.3) is 0 Å². The number of fused-ring (bicyclic) bond motifs is 4. The molecule has 250 valence electrons. The van der Waals surface area contributed by atoms with Crippen molar-refractivity contribution in [1.82, 2.24) is 15.0 Å². The van der Waals surface area contributed by atoms with Crippen molar-refractivity contribution in [2.24, 2.45) is 0 Å². The summed E-state index contributed by atoms with van der Waals surface area (Å²) in [5.41, 5.74) is 11.7. The number of anilines is 2. The van der Waals surface area contributed by atoms with E-state index >= 15 is 0 Å². The molecule has 2 aliphatic rings.